The number of furan rings is 1. The first-order chi connectivity index (χ1) is 13.5. The number of hydrazine groups is 1. The van der Waals surface area contributed by atoms with Gasteiger partial charge in [0.25, 0.3) is 15.9 Å². The van der Waals surface area contributed by atoms with Crippen molar-refractivity contribution in [2.45, 2.75) is 4.90 Å². The molecule has 4 aromatic rings. The van der Waals surface area contributed by atoms with E-state index in [-0.39, 0.29) is 16.1 Å². The summed E-state index contributed by atoms with van der Waals surface area (Å²) in [6.07, 6.45) is 0. The zero-order chi connectivity index (χ0) is 19.7. The molecule has 8 heteroatoms. The highest BCUT2D eigenvalue weighted by atomic mass is 32.2. The van der Waals surface area contributed by atoms with Gasteiger partial charge in [-0.3, -0.25) is 10.2 Å². The monoisotopic (exact) mass is 391 g/mol. The normalized spacial score (nSPS) is 11.4. The lowest BCUT2D eigenvalue weighted by Gasteiger charge is -2.09. The van der Waals surface area contributed by atoms with Crippen molar-refractivity contribution < 1.29 is 17.6 Å². The number of hydrogen-bond acceptors (Lipinski definition) is 4. The molecule has 0 bridgehead atoms. The first-order valence-electron chi connectivity index (χ1n) is 8.19. The van der Waals surface area contributed by atoms with E-state index in [4.69, 9.17) is 11.0 Å². The van der Waals surface area contributed by atoms with Gasteiger partial charge in [0, 0.05) is 16.3 Å². The molecule has 0 aliphatic carbocycles. The fraction of sp³-hybridized carbons (Fsp3) is 0. The molecule has 0 saturated carbocycles. The number of rotatable bonds is 4. The number of para-hydroxylation sites is 1. The molecule has 1 amide bonds. The second-order valence-electron chi connectivity index (χ2n) is 5.98. The van der Waals surface area contributed by atoms with E-state index in [0.29, 0.717) is 11.2 Å². The maximum absolute atomic E-state index is 12.4. The Morgan fingerprint density at radius 2 is 1.71 bits per heavy atom. The lowest BCUT2D eigenvalue weighted by atomic mass is 10.1. The van der Waals surface area contributed by atoms with E-state index < -0.39 is 15.9 Å². The van der Waals surface area contributed by atoms with Gasteiger partial charge in [0.2, 0.25) is 0 Å². The van der Waals surface area contributed by atoms with Gasteiger partial charge in [0.05, 0.1) is 11.5 Å². The molecule has 28 heavy (non-hydrogen) atoms. The van der Waals surface area contributed by atoms with Gasteiger partial charge in [-0.1, -0.05) is 30.3 Å². The molecule has 0 aliphatic heterocycles. The molecule has 0 fully saturated rings. The Labute approximate surface area is 160 Å². The van der Waals surface area contributed by atoms with Crippen LogP contribution in [0.15, 0.2) is 76.0 Å². The fourth-order valence-electron chi connectivity index (χ4n) is 2.83. The maximum atomic E-state index is 12.4. The van der Waals surface area contributed by atoms with Gasteiger partial charge < -0.3 is 4.42 Å². The van der Waals surface area contributed by atoms with Crippen LogP contribution in [0.1, 0.15) is 10.4 Å². The number of sulfonamides is 1. The molecule has 0 saturated heterocycles. The van der Waals surface area contributed by atoms with Gasteiger partial charge in [-0.15, -0.1) is 4.83 Å². The summed E-state index contributed by atoms with van der Waals surface area (Å²) < 4.78 is 30.4. The van der Waals surface area contributed by atoms with Crippen LogP contribution in [-0.4, -0.2) is 14.3 Å². The van der Waals surface area contributed by atoms with E-state index in [1.807, 2.05) is 24.3 Å². The smallest absolute Gasteiger partial charge is 0.266 e. The van der Waals surface area contributed by atoms with E-state index in [2.05, 4.69) is 15.1 Å². The van der Waals surface area contributed by atoms with E-state index in [1.165, 1.54) is 24.3 Å². The van der Waals surface area contributed by atoms with Crippen molar-refractivity contribution >= 4 is 43.6 Å². The second kappa shape index (κ2) is 6.81. The van der Waals surface area contributed by atoms with Crippen LogP contribution in [0.3, 0.4) is 0 Å². The molecular formula is C20H13N3O4S. The minimum absolute atomic E-state index is 0.113. The highest BCUT2D eigenvalue weighted by Crippen LogP contribution is 2.29. The summed E-state index contributed by atoms with van der Waals surface area (Å²) in [5.41, 5.74) is 3.99. The van der Waals surface area contributed by atoms with Crippen molar-refractivity contribution in [3.8, 4) is 0 Å². The molecule has 0 aliphatic rings. The summed E-state index contributed by atoms with van der Waals surface area (Å²) in [5.74, 6) is -0.614. The third kappa shape index (κ3) is 3.20. The Morgan fingerprint density at radius 1 is 0.929 bits per heavy atom. The summed E-state index contributed by atoms with van der Waals surface area (Å²) in [7, 11) is -4.01. The van der Waals surface area contributed by atoms with Gasteiger partial charge in [-0.2, -0.15) is 0 Å². The zero-order valence-corrected chi connectivity index (χ0v) is 15.2. The number of nitrogens with zero attached hydrogens (tertiary/aromatic N) is 1. The van der Waals surface area contributed by atoms with Crippen LogP contribution in [0.25, 0.3) is 26.8 Å². The van der Waals surface area contributed by atoms with Crippen molar-refractivity contribution in [1.82, 2.24) is 10.3 Å². The van der Waals surface area contributed by atoms with Gasteiger partial charge in [0.15, 0.2) is 5.69 Å². The predicted molar refractivity (Wildman–Crippen MR) is 104 cm³/mol. The van der Waals surface area contributed by atoms with Gasteiger partial charge >= 0.3 is 0 Å². The molecule has 0 atom stereocenters. The SMILES string of the molecule is [C-]#[N+]c1cccc(S(=O)(=O)NNC(=O)c2ccc3oc4ccccc4c3c2)c1. The van der Waals surface area contributed by atoms with Crippen molar-refractivity contribution in [3.63, 3.8) is 0 Å². The Balaban J connectivity index is 1.58. The quantitative estimate of drug-likeness (QED) is 0.409. The topological polar surface area (TPSA) is 92.8 Å². The number of carbonyl (C=O) groups excluding carboxylic acids is 1. The lowest BCUT2D eigenvalue weighted by molar-refractivity contribution is 0.0945. The summed E-state index contributed by atoms with van der Waals surface area (Å²) >= 11 is 0. The third-order valence-electron chi connectivity index (χ3n) is 4.19. The Morgan fingerprint density at radius 3 is 2.54 bits per heavy atom. The van der Waals surface area contributed by atoms with Gasteiger partial charge in [-0.25, -0.2) is 13.3 Å². The van der Waals surface area contributed by atoms with Crippen molar-refractivity contribution in [2.75, 3.05) is 0 Å². The molecule has 1 aromatic heterocycles. The number of hydrogen-bond donors (Lipinski definition) is 2. The largest absolute Gasteiger partial charge is 0.456 e. The van der Waals surface area contributed by atoms with E-state index in [0.717, 1.165) is 10.8 Å². The first kappa shape index (κ1) is 17.7. The summed E-state index contributed by atoms with van der Waals surface area (Å²) in [4.78, 5) is 17.6. The van der Waals surface area contributed by atoms with Crippen molar-refractivity contribution in [1.29, 1.82) is 0 Å². The van der Waals surface area contributed by atoms with Crippen LogP contribution in [0.2, 0.25) is 0 Å². The standard InChI is InChI=1S/C20H13N3O4S/c1-21-14-5-4-6-15(12-14)28(25,26)23-22-20(24)13-9-10-19-17(11-13)16-7-2-3-8-18(16)27-19/h2-12,23H,(H,22,24). The van der Waals surface area contributed by atoms with E-state index in [9.17, 15) is 13.2 Å². The molecule has 0 unspecified atom stereocenters. The number of carbonyl (C=O) groups is 1. The molecule has 2 N–H and O–H groups in total. The Hall–Kier alpha value is -3.67. The first-order valence-corrected chi connectivity index (χ1v) is 9.67. The molecule has 3 aromatic carbocycles. The summed E-state index contributed by atoms with van der Waals surface area (Å²) in [6, 6.07) is 17.8. The van der Waals surface area contributed by atoms with Crippen LogP contribution in [-0.2, 0) is 10.0 Å². The lowest BCUT2D eigenvalue weighted by Crippen LogP contribution is -2.41. The van der Waals surface area contributed by atoms with Crippen LogP contribution in [0, 0.1) is 6.57 Å². The molecule has 0 radical (unpaired) electrons. The number of nitrogens with one attached hydrogen (secondary N) is 2. The Bertz CT molecular complexity index is 1370. The second-order valence-corrected chi connectivity index (χ2v) is 7.66. The molecule has 0 spiro atoms. The molecule has 138 valence electrons. The Kier molecular flexibility index (Phi) is 4.31. The fourth-order valence-corrected chi connectivity index (χ4v) is 3.71. The van der Waals surface area contributed by atoms with Crippen LogP contribution >= 0.6 is 0 Å². The number of fused-ring (bicyclic) bond motifs is 3. The average Bonchev–Trinajstić information content (AvgIpc) is 3.10. The van der Waals surface area contributed by atoms with Crippen LogP contribution in [0.5, 0.6) is 0 Å². The predicted octanol–water partition coefficient (Wildman–Crippen LogP) is 3.76. The van der Waals surface area contributed by atoms with Crippen LogP contribution < -0.4 is 10.3 Å². The van der Waals surface area contributed by atoms with Crippen molar-refractivity contribution in [2.24, 2.45) is 0 Å². The van der Waals surface area contributed by atoms with Crippen LogP contribution in [0.4, 0.5) is 5.69 Å². The van der Waals surface area contributed by atoms with Crippen molar-refractivity contribution in [3.05, 3.63) is 83.7 Å². The maximum Gasteiger partial charge on any atom is 0.266 e. The number of amides is 1. The summed E-state index contributed by atoms with van der Waals surface area (Å²) in [5, 5.41) is 1.62. The average molecular weight is 391 g/mol. The highest BCUT2D eigenvalue weighted by molar-refractivity contribution is 7.89. The minimum Gasteiger partial charge on any atom is -0.456 e. The molecular weight excluding hydrogens is 378 g/mol. The van der Waals surface area contributed by atoms with E-state index >= 15 is 0 Å². The minimum atomic E-state index is -4.01. The number of benzene rings is 3. The van der Waals surface area contributed by atoms with Gasteiger partial charge in [0.1, 0.15) is 11.2 Å². The zero-order valence-electron chi connectivity index (χ0n) is 14.3. The molecule has 7 nitrogen and oxygen atoms in total. The molecule has 1 heterocycles. The van der Waals surface area contributed by atoms with Gasteiger partial charge in [-0.05, 0) is 36.4 Å². The highest BCUT2D eigenvalue weighted by Gasteiger charge is 2.17. The third-order valence-corrected chi connectivity index (χ3v) is 5.44. The molecule has 4 rings (SSSR count). The van der Waals surface area contributed by atoms with E-state index in [1.54, 1.807) is 18.2 Å². The summed E-state index contributed by atoms with van der Waals surface area (Å²) in [6.45, 7) is 6.97.